The SMILES string of the molecule is CCCCOCCOCCc1ccc(-c2ccc(/C=C/c3ccc(Br)cc3)cc2)s1. The minimum absolute atomic E-state index is 0.678. The molecule has 0 fully saturated rings. The highest BCUT2D eigenvalue weighted by Gasteiger charge is 2.03. The third-order valence-corrected chi connectivity index (χ3v) is 6.42. The zero-order chi connectivity index (χ0) is 21.0. The Kier molecular flexibility index (Phi) is 9.84. The van der Waals surface area contributed by atoms with E-state index in [1.807, 2.05) is 11.3 Å². The van der Waals surface area contributed by atoms with E-state index in [-0.39, 0.29) is 0 Å². The first-order valence-electron chi connectivity index (χ1n) is 10.5. The first kappa shape index (κ1) is 23.0. The number of benzene rings is 2. The molecule has 0 amide bonds. The van der Waals surface area contributed by atoms with E-state index in [1.165, 1.54) is 32.9 Å². The third kappa shape index (κ3) is 7.84. The van der Waals surface area contributed by atoms with Crippen LogP contribution in [0.1, 0.15) is 35.8 Å². The maximum atomic E-state index is 5.69. The van der Waals surface area contributed by atoms with Crippen molar-refractivity contribution in [1.82, 2.24) is 0 Å². The first-order chi connectivity index (χ1) is 14.7. The molecule has 0 saturated heterocycles. The van der Waals surface area contributed by atoms with Crippen LogP contribution in [0.2, 0.25) is 0 Å². The first-order valence-corrected chi connectivity index (χ1v) is 12.1. The molecule has 3 aromatic rings. The monoisotopic (exact) mass is 484 g/mol. The second kappa shape index (κ2) is 12.9. The molecule has 158 valence electrons. The van der Waals surface area contributed by atoms with Crippen LogP contribution in [-0.2, 0) is 15.9 Å². The second-order valence-corrected chi connectivity index (χ2v) is 9.19. The standard InChI is InChI=1S/C26H29BrO2S/c1-2-3-17-28-19-20-29-18-16-25-14-15-26(30-25)23-10-6-21(7-11-23)4-5-22-8-12-24(27)13-9-22/h4-15H,2-3,16-20H2,1H3/b5-4+. The number of ether oxygens (including phenoxy) is 2. The van der Waals surface area contributed by atoms with Gasteiger partial charge in [0.1, 0.15) is 0 Å². The lowest BCUT2D eigenvalue weighted by molar-refractivity contribution is 0.0480. The summed E-state index contributed by atoms with van der Waals surface area (Å²) in [6, 6.07) is 21.5. The Hall–Kier alpha value is -1.72. The zero-order valence-corrected chi connectivity index (χ0v) is 19.9. The van der Waals surface area contributed by atoms with E-state index < -0.39 is 0 Å². The predicted molar refractivity (Wildman–Crippen MR) is 133 cm³/mol. The van der Waals surface area contributed by atoms with Crippen LogP contribution in [0, 0.1) is 0 Å². The van der Waals surface area contributed by atoms with Gasteiger partial charge >= 0.3 is 0 Å². The van der Waals surface area contributed by atoms with E-state index in [2.05, 4.69) is 95.7 Å². The normalized spacial score (nSPS) is 11.4. The molecule has 0 bridgehead atoms. The van der Waals surface area contributed by atoms with Crippen molar-refractivity contribution in [3.63, 3.8) is 0 Å². The molecule has 2 aromatic carbocycles. The Bertz CT molecular complexity index is 898. The van der Waals surface area contributed by atoms with Crippen LogP contribution in [0.15, 0.2) is 65.1 Å². The molecule has 0 aliphatic carbocycles. The van der Waals surface area contributed by atoms with Crippen molar-refractivity contribution >= 4 is 39.4 Å². The fourth-order valence-electron chi connectivity index (χ4n) is 2.93. The molecule has 0 N–H and O–H groups in total. The summed E-state index contributed by atoms with van der Waals surface area (Å²) in [5.41, 5.74) is 3.66. The molecular formula is C26H29BrO2S. The highest BCUT2D eigenvalue weighted by molar-refractivity contribution is 9.10. The molecule has 4 heteroatoms. The van der Waals surface area contributed by atoms with Crippen molar-refractivity contribution in [2.75, 3.05) is 26.4 Å². The molecule has 1 heterocycles. The quantitative estimate of drug-likeness (QED) is 0.193. The number of halogens is 1. The summed E-state index contributed by atoms with van der Waals surface area (Å²) < 4.78 is 12.3. The van der Waals surface area contributed by atoms with Crippen molar-refractivity contribution in [2.24, 2.45) is 0 Å². The predicted octanol–water partition coefficient (Wildman–Crippen LogP) is 7.72. The van der Waals surface area contributed by atoms with E-state index in [1.54, 1.807) is 0 Å². The smallest absolute Gasteiger partial charge is 0.0700 e. The van der Waals surface area contributed by atoms with Gasteiger partial charge in [-0.2, -0.15) is 0 Å². The average molecular weight is 485 g/mol. The molecule has 0 unspecified atom stereocenters. The minimum Gasteiger partial charge on any atom is -0.379 e. The van der Waals surface area contributed by atoms with Crippen molar-refractivity contribution in [3.05, 3.63) is 81.1 Å². The van der Waals surface area contributed by atoms with Crippen LogP contribution < -0.4 is 0 Å². The van der Waals surface area contributed by atoms with Crippen LogP contribution in [-0.4, -0.2) is 26.4 Å². The van der Waals surface area contributed by atoms with Crippen LogP contribution >= 0.6 is 27.3 Å². The van der Waals surface area contributed by atoms with Gasteiger partial charge in [0.25, 0.3) is 0 Å². The van der Waals surface area contributed by atoms with Crippen molar-refractivity contribution in [3.8, 4) is 10.4 Å². The van der Waals surface area contributed by atoms with E-state index >= 15 is 0 Å². The van der Waals surface area contributed by atoms with Gasteiger partial charge in [0.2, 0.25) is 0 Å². The van der Waals surface area contributed by atoms with E-state index in [0.29, 0.717) is 13.2 Å². The molecule has 0 saturated carbocycles. The molecule has 0 aliphatic heterocycles. The Labute approximate surface area is 192 Å². The third-order valence-electron chi connectivity index (χ3n) is 4.70. The fraction of sp³-hybridized carbons (Fsp3) is 0.308. The van der Waals surface area contributed by atoms with Crippen molar-refractivity contribution < 1.29 is 9.47 Å². The van der Waals surface area contributed by atoms with E-state index in [0.717, 1.165) is 30.5 Å². The Morgan fingerprint density at radius 2 is 1.40 bits per heavy atom. The van der Waals surface area contributed by atoms with Crippen LogP contribution in [0.4, 0.5) is 0 Å². The molecule has 0 atom stereocenters. The largest absolute Gasteiger partial charge is 0.379 e. The maximum Gasteiger partial charge on any atom is 0.0700 e. The van der Waals surface area contributed by atoms with Crippen molar-refractivity contribution in [2.45, 2.75) is 26.2 Å². The average Bonchev–Trinajstić information content (AvgIpc) is 3.24. The number of thiophene rings is 1. The molecule has 3 rings (SSSR count). The lowest BCUT2D eigenvalue weighted by Crippen LogP contribution is -2.07. The van der Waals surface area contributed by atoms with Gasteiger partial charge in [-0.15, -0.1) is 11.3 Å². The van der Waals surface area contributed by atoms with Gasteiger partial charge in [-0.3, -0.25) is 0 Å². The molecule has 1 aromatic heterocycles. The molecule has 0 aliphatic rings. The summed E-state index contributed by atoms with van der Waals surface area (Å²) in [6.07, 6.45) is 7.54. The lowest BCUT2D eigenvalue weighted by atomic mass is 10.1. The summed E-state index contributed by atoms with van der Waals surface area (Å²) in [7, 11) is 0. The van der Waals surface area contributed by atoms with Gasteiger partial charge in [0, 0.05) is 27.3 Å². The zero-order valence-electron chi connectivity index (χ0n) is 17.5. The van der Waals surface area contributed by atoms with Gasteiger partial charge in [-0.25, -0.2) is 0 Å². The Balaban J connectivity index is 1.44. The number of unbranched alkanes of at least 4 members (excludes halogenated alkanes) is 1. The number of hydrogen-bond donors (Lipinski definition) is 0. The Morgan fingerprint density at radius 1 is 0.767 bits per heavy atom. The van der Waals surface area contributed by atoms with Crippen LogP contribution in [0.25, 0.3) is 22.6 Å². The summed E-state index contributed by atoms with van der Waals surface area (Å²) in [4.78, 5) is 2.66. The summed E-state index contributed by atoms with van der Waals surface area (Å²) in [5, 5.41) is 0. The summed E-state index contributed by atoms with van der Waals surface area (Å²) in [6.45, 7) is 5.13. The molecule has 0 spiro atoms. The van der Waals surface area contributed by atoms with E-state index in [4.69, 9.17) is 9.47 Å². The van der Waals surface area contributed by atoms with Gasteiger partial charge in [0.15, 0.2) is 0 Å². The highest BCUT2D eigenvalue weighted by atomic mass is 79.9. The highest BCUT2D eigenvalue weighted by Crippen LogP contribution is 2.29. The van der Waals surface area contributed by atoms with Gasteiger partial charge in [0.05, 0.1) is 19.8 Å². The van der Waals surface area contributed by atoms with Gasteiger partial charge < -0.3 is 9.47 Å². The second-order valence-electron chi connectivity index (χ2n) is 7.10. The van der Waals surface area contributed by atoms with E-state index in [9.17, 15) is 0 Å². The number of hydrogen-bond acceptors (Lipinski definition) is 3. The molecular weight excluding hydrogens is 456 g/mol. The van der Waals surface area contributed by atoms with Gasteiger partial charge in [-0.05, 0) is 47.4 Å². The fourth-order valence-corrected chi connectivity index (χ4v) is 4.19. The van der Waals surface area contributed by atoms with Crippen molar-refractivity contribution in [1.29, 1.82) is 0 Å². The summed E-state index contributed by atoms with van der Waals surface area (Å²) >= 11 is 5.31. The number of rotatable bonds is 12. The molecule has 30 heavy (non-hydrogen) atoms. The minimum atomic E-state index is 0.678. The van der Waals surface area contributed by atoms with Crippen LogP contribution in [0.5, 0.6) is 0 Å². The maximum absolute atomic E-state index is 5.69. The Morgan fingerprint density at radius 3 is 2.07 bits per heavy atom. The summed E-state index contributed by atoms with van der Waals surface area (Å²) in [5.74, 6) is 0. The lowest BCUT2D eigenvalue weighted by Gasteiger charge is -2.04. The molecule has 0 radical (unpaired) electrons. The van der Waals surface area contributed by atoms with Crippen LogP contribution in [0.3, 0.4) is 0 Å². The molecule has 2 nitrogen and oxygen atoms in total. The van der Waals surface area contributed by atoms with Gasteiger partial charge in [-0.1, -0.05) is 77.8 Å². The topological polar surface area (TPSA) is 18.5 Å².